The molecule has 0 radical (unpaired) electrons. The number of hydrogen-bond donors (Lipinski definition) is 1. The SMILES string of the molecule is CCCCNC(=O)[C@H](CC)N(Cc1ccccc1C)C(=O)CCCN(c1ccccc1C)S(C)(=O)=O. The predicted octanol–water partition coefficient (Wildman–Crippen LogP) is 4.57. The maximum atomic E-state index is 13.5. The number of hydrogen-bond acceptors (Lipinski definition) is 4. The smallest absolute Gasteiger partial charge is 0.242 e. The van der Waals surface area contributed by atoms with Crippen LogP contribution in [0.25, 0.3) is 0 Å². The zero-order valence-electron chi connectivity index (χ0n) is 22.3. The van der Waals surface area contributed by atoms with Crippen molar-refractivity contribution < 1.29 is 18.0 Å². The average Bonchev–Trinajstić information content (AvgIpc) is 2.83. The van der Waals surface area contributed by atoms with Gasteiger partial charge in [0.15, 0.2) is 0 Å². The molecule has 2 amide bonds. The highest BCUT2D eigenvalue weighted by molar-refractivity contribution is 7.92. The van der Waals surface area contributed by atoms with Crippen LogP contribution in [0, 0.1) is 13.8 Å². The fourth-order valence-electron chi connectivity index (χ4n) is 4.22. The summed E-state index contributed by atoms with van der Waals surface area (Å²) in [4.78, 5) is 28.2. The van der Waals surface area contributed by atoms with Gasteiger partial charge in [-0.1, -0.05) is 62.7 Å². The molecule has 0 aliphatic rings. The molecular weight excluding hydrogens is 474 g/mol. The number of nitrogens with one attached hydrogen (secondary N) is 1. The Labute approximate surface area is 216 Å². The summed E-state index contributed by atoms with van der Waals surface area (Å²) in [6.45, 7) is 8.93. The molecule has 0 fully saturated rings. The molecule has 2 aromatic rings. The Bertz CT molecular complexity index is 1120. The second kappa shape index (κ2) is 14.0. The van der Waals surface area contributed by atoms with Crippen molar-refractivity contribution in [2.75, 3.05) is 23.7 Å². The lowest BCUT2D eigenvalue weighted by molar-refractivity contribution is -0.141. The number of anilines is 1. The number of benzene rings is 2. The second-order valence-corrected chi connectivity index (χ2v) is 11.1. The molecule has 2 rings (SSSR count). The van der Waals surface area contributed by atoms with E-state index in [1.54, 1.807) is 17.0 Å². The maximum Gasteiger partial charge on any atom is 0.242 e. The van der Waals surface area contributed by atoms with E-state index < -0.39 is 16.1 Å². The minimum absolute atomic E-state index is 0.141. The Morgan fingerprint density at radius 2 is 1.58 bits per heavy atom. The largest absolute Gasteiger partial charge is 0.354 e. The van der Waals surface area contributed by atoms with Crippen molar-refractivity contribution in [2.45, 2.75) is 72.4 Å². The lowest BCUT2D eigenvalue weighted by atomic mass is 10.0. The molecule has 0 aliphatic carbocycles. The lowest BCUT2D eigenvalue weighted by Crippen LogP contribution is -2.49. The summed E-state index contributed by atoms with van der Waals surface area (Å²) in [5, 5.41) is 2.97. The predicted molar refractivity (Wildman–Crippen MR) is 146 cm³/mol. The Hall–Kier alpha value is -2.87. The molecule has 0 bridgehead atoms. The van der Waals surface area contributed by atoms with Gasteiger partial charge in [0.25, 0.3) is 0 Å². The Kier molecular flexibility index (Phi) is 11.4. The number of amides is 2. The monoisotopic (exact) mass is 515 g/mol. The first-order valence-electron chi connectivity index (χ1n) is 12.7. The van der Waals surface area contributed by atoms with E-state index in [1.807, 2.05) is 57.2 Å². The summed E-state index contributed by atoms with van der Waals surface area (Å²) in [7, 11) is -3.52. The van der Waals surface area contributed by atoms with Crippen LogP contribution in [0.1, 0.15) is 62.6 Å². The highest BCUT2D eigenvalue weighted by Gasteiger charge is 2.29. The standard InChI is InChI=1S/C28H41N3O4S/c1-6-8-19-29-28(33)25(7-2)30(21-24-16-11-9-14-22(24)3)27(32)18-13-20-31(36(5,34)35)26-17-12-10-15-23(26)4/h9-12,14-17,25H,6-8,13,18-21H2,1-5H3,(H,29,33)/t25-/m0/s1. The number of nitrogens with zero attached hydrogens (tertiary/aromatic N) is 2. The molecule has 0 spiro atoms. The molecule has 0 heterocycles. The van der Waals surface area contributed by atoms with E-state index in [1.165, 1.54) is 10.6 Å². The van der Waals surface area contributed by atoms with Crippen molar-refractivity contribution in [1.29, 1.82) is 0 Å². The lowest BCUT2D eigenvalue weighted by Gasteiger charge is -2.31. The van der Waals surface area contributed by atoms with Gasteiger partial charge in [0.05, 0.1) is 11.9 Å². The minimum Gasteiger partial charge on any atom is -0.354 e. The van der Waals surface area contributed by atoms with Crippen LogP contribution in [0.5, 0.6) is 0 Å². The zero-order valence-corrected chi connectivity index (χ0v) is 23.1. The first-order chi connectivity index (χ1) is 17.1. The van der Waals surface area contributed by atoms with E-state index >= 15 is 0 Å². The fourth-order valence-corrected chi connectivity index (χ4v) is 5.25. The quantitative estimate of drug-likeness (QED) is 0.373. The summed E-state index contributed by atoms with van der Waals surface area (Å²) in [5.74, 6) is -0.306. The van der Waals surface area contributed by atoms with Crippen molar-refractivity contribution in [1.82, 2.24) is 10.2 Å². The van der Waals surface area contributed by atoms with E-state index in [9.17, 15) is 18.0 Å². The van der Waals surface area contributed by atoms with Crippen molar-refractivity contribution >= 4 is 27.5 Å². The molecule has 0 aromatic heterocycles. The van der Waals surface area contributed by atoms with Gasteiger partial charge in [-0.05, 0) is 55.9 Å². The van der Waals surface area contributed by atoms with Gasteiger partial charge in [-0.2, -0.15) is 0 Å². The van der Waals surface area contributed by atoms with Crippen LogP contribution in [0.4, 0.5) is 5.69 Å². The van der Waals surface area contributed by atoms with Gasteiger partial charge in [-0.25, -0.2) is 8.42 Å². The van der Waals surface area contributed by atoms with E-state index in [2.05, 4.69) is 12.2 Å². The molecule has 36 heavy (non-hydrogen) atoms. The van der Waals surface area contributed by atoms with Gasteiger partial charge in [-0.15, -0.1) is 0 Å². The van der Waals surface area contributed by atoms with Crippen molar-refractivity contribution in [2.24, 2.45) is 0 Å². The number of unbranched alkanes of at least 4 members (excludes halogenated alkanes) is 1. The molecule has 1 atom stereocenters. The summed E-state index contributed by atoms with van der Waals surface area (Å²) in [6, 6.07) is 14.6. The van der Waals surface area contributed by atoms with Gasteiger partial charge in [0, 0.05) is 26.1 Å². The van der Waals surface area contributed by atoms with Crippen molar-refractivity contribution in [3.8, 4) is 0 Å². The molecule has 0 aliphatic heterocycles. The van der Waals surface area contributed by atoms with Crippen LogP contribution in [0.3, 0.4) is 0 Å². The summed E-state index contributed by atoms with van der Waals surface area (Å²) < 4.78 is 26.4. The van der Waals surface area contributed by atoms with Crippen LogP contribution in [0.15, 0.2) is 48.5 Å². The number of rotatable bonds is 14. The molecule has 2 aromatic carbocycles. The van der Waals surface area contributed by atoms with Gasteiger partial charge in [0.2, 0.25) is 21.8 Å². The third kappa shape index (κ3) is 8.36. The number of carbonyl (C=O) groups excluding carboxylic acids is 2. The summed E-state index contributed by atoms with van der Waals surface area (Å²) in [5.41, 5.74) is 3.51. The summed E-state index contributed by atoms with van der Waals surface area (Å²) in [6.07, 6.45) is 4.02. The Balaban J connectivity index is 2.22. The van der Waals surface area contributed by atoms with Crippen LogP contribution < -0.4 is 9.62 Å². The van der Waals surface area contributed by atoms with Crippen molar-refractivity contribution in [3.63, 3.8) is 0 Å². The molecule has 0 saturated heterocycles. The molecule has 0 unspecified atom stereocenters. The van der Waals surface area contributed by atoms with Crippen LogP contribution in [-0.4, -0.2) is 50.5 Å². The third-order valence-corrected chi connectivity index (χ3v) is 7.53. The van der Waals surface area contributed by atoms with Gasteiger partial charge in [-0.3, -0.25) is 13.9 Å². The number of para-hydroxylation sites is 1. The van der Waals surface area contributed by atoms with Gasteiger partial charge in [0.1, 0.15) is 6.04 Å². The molecule has 8 heteroatoms. The topological polar surface area (TPSA) is 86.8 Å². The molecule has 7 nitrogen and oxygen atoms in total. The van der Waals surface area contributed by atoms with Gasteiger partial charge < -0.3 is 10.2 Å². The minimum atomic E-state index is -3.52. The van der Waals surface area contributed by atoms with Crippen LogP contribution >= 0.6 is 0 Å². The number of aryl methyl sites for hydroxylation is 2. The van der Waals surface area contributed by atoms with Crippen molar-refractivity contribution in [3.05, 3.63) is 65.2 Å². The average molecular weight is 516 g/mol. The third-order valence-electron chi connectivity index (χ3n) is 6.35. The second-order valence-electron chi connectivity index (χ2n) is 9.24. The zero-order chi connectivity index (χ0) is 26.7. The molecular formula is C28H41N3O4S. The van der Waals surface area contributed by atoms with Crippen LogP contribution in [-0.2, 0) is 26.2 Å². The van der Waals surface area contributed by atoms with E-state index in [0.717, 1.165) is 29.5 Å². The number of sulfonamides is 1. The highest BCUT2D eigenvalue weighted by Crippen LogP contribution is 2.23. The fraction of sp³-hybridized carbons (Fsp3) is 0.500. The highest BCUT2D eigenvalue weighted by atomic mass is 32.2. The molecule has 198 valence electrons. The number of carbonyl (C=O) groups is 2. The summed E-state index contributed by atoms with van der Waals surface area (Å²) >= 11 is 0. The van der Waals surface area contributed by atoms with Gasteiger partial charge >= 0.3 is 0 Å². The van der Waals surface area contributed by atoms with E-state index in [-0.39, 0.29) is 24.8 Å². The normalized spacial score (nSPS) is 12.1. The van der Waals surface area contributed by atoms with E-state index in [4.69, 9.17) is 0 Å². The van der Waals surface area contributed by atoms with E-state index in [0.29, 0.717) is 31.6 Å². The first-order valence-corrected chi connectivity index (χ1v) is 14.6. The molecule has 0 saturated carbocycles. The Morgan fingerprint density at radius 3 is 2.17 bits per heavy atom. The first kappa shape index (κ1) is 29.4. The van der Waals surface area contributed by atoms with Crippen LogP contribution in [0.2, 0.25) is 0 Å². The Morgan fingerprint density at radius 1 is 0.944 bits per heavy atom. The maximum absolute atomic E-state index is 13.5. The molecule has 1 N–H and O–H groups in total.